The third-order valence-electron chi connectivity index (χ3n) is 3.34. The number of pyridine rings is 1. The quantitative estimate of drug-likeness (QED) is 0.886. The van der Waals surface area contributed by atoms with Gasteiger partial charge in [0.15, 0.2) is 0 Å². The molecule has 110 valence electrons. The molecule has 0 saturated heterocycles. The molecule has 21 heavy (non-hydrogen) atoms. The number of carbonyl (C=O) groups excluding carboxylic acids is 1. The molecule has 1 aromatic carbocycles. The summed E-state index contributed by atoms with van der Waals surface area (Å²) in [6, 6.07) is 12.9. The molecule has 2 aromatic rings. The van der Waals surface area contributed by atoms with Crippen LogP contribution in [0.2, 0.25) is 0 Å². The van der Waals surface area contributed by atoms with E-state index in [-0.39, 0.29) is 23.1 Å². The van der Waals surface area contributed by atoms with Crippen LogP contribution < -0.4 is 10.9 Å². The van der Waals surface area contributed by atoms with Crippen molar-refractivity contribution in [2.45, 2.75) is 32.7 Å². The summed E-state index contributed by atoms with van der Waals surface area (Å²) < 4.78 is 0. The maximum Gasteiger partial charge on any atom is 0.261 e. The van der Waals surface area contributed by atoms with E-state index in [0.717, 1.165) is 18.4 Å². The normalized spacial score (nSPS) is 11.9. The highest BCUT2D eigenvalue weighted by Gasteiger charge is 2.13. The van der Waals surface area contributed by atoms with Crippen LogP contribution in [0.4, 0.5) is 0 Å². The molecule has 4 heteroatoms. The minimum Gasteiger partial charge on any atom is -0.349 e. The van der Waals surface area contributed by atoms with Crippen molar-refractivity contribution in [2.75, 3.05) is 0 Å². The molecule has 0 aliphatic heterocycles. The largest absolute Gasteiger partial charge is 0.349 e. The first-order valence-corrected chi connectivity index (χ1v) is 7.21. The Hall–Kier alpha value is -2.36. The molecule has 0 fully saturated rings. The van der Waals surface area contributed by atoms with Gasteiger partial charge in [0, 0.05) is 11.7 Å². The van der Waals surface area contributed by atoms with Crippen LogP contribution in [0.5, 0.6) is 0 Å². The highest BCUT2D eigenvalue weighted by molar-refractivity contribution is 5.94. The first kappa shape index (κ1) is 15.0. The molecular formula is C17H20N2O2. The topological polar surface area (TPSA) is 62.0 Å². The van der Waals surface area contributed by atoms with Gasteiger partial charge in [-0.1, -0.05) is 43.7 Å². The monoisotopic (exact) mass is 284 g/mol. The van der Waals surface area contributed by atoms with E-state index < -0.39 is 0 Å². The fraction of sp³-hybridized carbons (Fsp3) is 0.294. The highest BCUT2D eigenvalue weighted by atomic mass is 16.2. The predicted octanol–water partition coefficient (Wildman–Crippen LogP) is 2.96. The van der Waals surface area contributed by atoms with E-state index in [2.05, 4.69) is 17.2 Å². The summed E-state index contributed by atoms with van der Waals surface area (Å²) in [5, 5.41) is 2.84. The van der Waals surface area contributed by atoms with E-state index in [1.807, 2.05) is 37.3 Å². The second-order valence-electron chi connectivity index (χ2n) is 5.14. The summed E-state index contributed by atoms with van der Waals surface area (Å²) in [5.41, 5.74) is 1.41. The zero-order valence-electron chi connectivity index (χ0n) is 12.3. The maximum atomic E-state index is 12.1. The van der Waals surface area contributed by atoms with Crippen molar-refractivity contribution >= 4 is 5.91 Å². The molecule has 0 aliphatic carbocycles. The average Bonchev–Trinajstić information content (AvgIpc) is 2.48. The number of aromatic nitrogens is 1. The van der Waals surface area contributed by atoms with Gasteiger partial charge in [0.25, 0.3) is 11.5 Å². The van der Waals surface area contributed by atoms with E-state index in [4.69, 9.17) is 0 Å². The van der Waals surface area contributed by atoms with Crippen LogP contribution in [-0.4, -0.2) is 16.9 Å². The predicted molar refractivity (Wildman–Crippen MR) is 84.3 cm³/mol. The van der Waals surface area contributed by atoms with E-state index in [1.165, 1.54) is 0 Å². The number of amides is 1. The molecule has 0 spiro atoms. The average molecular weight is 284 g/mol. The van der Waals surface area contributed by atoms with Gasteiger partial charge >= 0.3 is 0 Å². The number of nitrogens with one attached hydrogen (secondary N) is 2. The molecule has 0 saturated carbocycles. The van der Waals surface area contributed by atoms with Gasteiger partial charge in [-0.15, -0.1) is 0 Å². The van der Waals surface area contributed by atoms with Gasteiger partial charge in [0.2, 0.25) is 0 Å². The first-order chi connectivity index (χ1) is 10.1. The minimum atomic E-state index is -0.363. The van der Waals surface area contributed by atoms with Gasteiger partial charge in [0.05, 0.1) is 0 Å². The standard InChI is InChI=1S/C17H20N2O2/c1-3-7-12(2)18-16(20)14-10-11-15(19-17(14)21)13-8-5-4-6-9-13/h4-6,8-12H,3,7H2,1-2H3,(H,18,20)(H,19,21)/t12-/m0/s1. The van der Waals surface area contributed by atoms with Crippen molar-refractivity contribution in [3.05, 3.63) is 58.4 Å². The zero-order chi connectivity index (χ0) is 15.2. The van der Waals surface area contributed by atoms with Crippen LogP contribution in [0.3, 0.4) is 0 Å². The van der Waals surface area contributed by atoms with Crippen molar-refractivity contribution in [2.24, 2.45) is 0 Å². The van der Waals surface area contributed by atoms with E-state index in [9.17, 15) is 9.59 Å². The van der Waals surface area contributed by atoms with E-state index in [1.54, 1.807) is 12.1 Å². The lowest BCUT2D eigenvalue weighted by atomic mass is 10.1. The fourth-order valence-electron chi connectivity index (χ4n) is 2.25. The summed E-state index contributed by atoms with van der Waals surface area (Å²) in [4.78, 5) is 26.9. The van der Waals surface area contributed by atoms with Crippen molar-refractivity contribution < 1.29 is 4.79 Å². The summed E-state index contributed by atoms with van der Waals surface area (Å²) in [6.07, 6.45) is 1.89. The SMILES string of the molecule is CCC[C@H](C)NC(=O)c1ccc(-c2ccccc2)[nH]c1=O. The zero-order valence-corrected chi connectivity index (χ0v) is 12.3. The Kier molecular flexibility index (Phi) is 4.93. The molecule has 2 N–H and O–H groups in total. The lowest BCUT2D eigenvalue weighted by molar-refractivity contribution is 0.0937. The van der Waals surface area contributed by atoms with E-state index >= 15 is 0 Å². The van der Waals surface area contributed by atoms with Gasteiger partial charge < -0.3 is 10.3 Å². The third-order valence-corrected chi connectivity index (χ3v) is 3.34. The molecule has 1 amide bonds. The van der Waals surface area contributed by atoms with Crippen LogP contribution in [0.1, 0.15) is 37.0 Å². The maximum absolute atomic E-state index is 12.1. The molecule has 0 bridgehead atoms. The Balaban J connectivity index is 2.20. The van der Waals surface area contributed by atoms with E-state index in [0.29, 0.717) is 5.69 Å². The molecule has 2 rings (SSSR count). The van der Waals surface area contributed by atoms with Crippen LogP contribution >= 0.6 is 0 Å². The molecule has 0 radical (unpaired) electrons. The number of H-pyrrole nitrogens is 1. The van der Waals surface area contributed by atoms with Crippen molar-refractivity contribution in [3.8, 4) is 11.3 Å². The van der Waals surface area contributed by atoms with Crippen LogP contribution in [-0.2, 0) is 0 Å². The minimum absolute atomic E-state index is 0.0655. The van der Waals surface area contributed by atoms with Gasteiger partial charge in [0.1, 0.15) is 5.56 Å². The van der Waals surface area contributed by atoms with Crippen LogP contribution in [0.15, 0.2) is 47.3 Å². The van der Waals surface area contributed by atoms with Crippen molar-refractivity contribution in [1.82, 2.24) is 10.3 Å². The molecule has 1 aromatic heterocycles. The Bertz CT molecular complexity index is 662. The smallest absolute Gasteiger partial charge is 0.261 e. The molecule has 1 heterocycles. The number of rotatable bonds is 5. The Labute approximate surface area is 124 Å². The second-order valence-corrected chi connectivity index (χ2v) is 5.14. The molecular weight excluding hydrogens is 264 g/mol. The summed E-state index contributed by atoms with van der Waals surface area (Å²) in [7, 11) is 0. The Morgan fingerprint density at radius 3 is 2.52 bits per heavy atom. The first-order valence-electron chi connectivity index (χ1n) is 7.21. The van der Waals surface area contributed by atoms with Crippen LogP contribution in [0, 0.1) is 0 Å². The summed E-state index contributed by atoms with van der Waals surface area (Å²) in [6.45, 7) is 4.00. The fourth-order valence-corrected chi connectivity index (χ4v) is 2.25. The molecule has 0 aliphatic rings. The number of hydrogen-bond donors (Lipinski definition) is 2. The molecule has 4 nitrogen and oxygen atoms in total. The van der Waals surface area contributed by atoms with Crippen LogP contribution in [0.25, 0.3) is 11.3 Å². The van der Waals surface area contributed by atoms with Gasteiger partial charge in [-0.3, -0.25) is 9.59 Å². The molecule has 1 atom stereocenters. The second kappa shape index (κ2) is 6.88. The lowest BCUT2D eigenvalue weighted by Gasteiger charge is -2.12. The number of aromatic amines is 1. The van der Waals surface area contributed by atoms with Crippen molar-refractivity contribution in [1.29, 1.82) is 0 Å². The van der Waals surface area contributed by atoms with Gasteiger partial charge in [-0.2, -0.15) is 0 Å². The van der Waals surface area contributed by atoms with Gasteiger partial charge in [-0.25, -0.2) is 0 Å². The number of carbonyl (C=O) groups is 1. The highest BCUT2D eigenvalue weighted by Crippen LogP contribution is 2.14. The lowest BCUT2D eigenvalue weighted by Crippen LogP contribution is -2.35. The summed E-state index contributed by atoms with van der Waals surface area (Å²) >= 11 is 0. The Morgan fingerprint density at radius 2 is 1.90 bits per heavy atom. The summed E-state index contributed by atoms with van der Waals surface area (Å²) in [5.74, 6) is -0.322. The molecule has 0 unspecified atom stereocenters. The third kappa shape index (κ3) is 3.81. The van der Waals surface area contributed by atoms with Gasteiger partial charge in [-0.05, 0) is 31.0 Å². The Morgan fingerprint density at radius 1 is 1.19 bits per heavy atom. The number of benzene rings is 1. The number of hydrogen-bond acceptors (Lipinski definition) is 2. The van der Waals surface area contributed by atoms with Crippen molar-refractivity contribution in [3.63, 3.8) is 0 Å².